The van der Waals surface area contributed by atoms with Gasteiger partial charge in [0.05, 0.1) is 5.52 Å². The van der Waals surface area contributed by atoms with Crippen LogP contribution in [0.15, 0.2) is 30.5 Å². The van der Waals surface area contributed by atoms with Crippen LogP contribution in [0.2, 0.25) is 0 Å². The summed E-state index contributed by atoms with van der Waals surface area (Å²) in [6.45, 7) is 1.45. The van der Waals surface area contributed by atoms with E-state index in [2.05, 4.69) is 5.32 Å². The highest BCUT2D eigenvalue weighted by molar-refractivity contribution is 5.92. The molecule has 0 unspecified atom stereocenters. The zero-order valence-electron chi connectivity index (χ0n) is 12.2. The van der Waals surface area contributed by atoms with Crippen LogP contribution in [0.4, 0.5) is 18.9 Å². The predicted octanol–water partition coefficient (Wildman–Crippen LogP) is 4.04. The number of fused-ring (bicyclic) bond motifs is 1. The fourth-order valence-electron chi connectivity index (χ4n) is 2.91. The Kier molecular flexibility index (Phi) is 4.29. The van der Waals surface area contributed by atoms with Gasteiger partial charge in [0.2, 0.25) is 0 Å². The molecule has 120 valence electrons. The Labute approximate surface area is 127 Å². The summed E-state index contributed by atoms with van der Waals surface area (Å²) in [5, 5.41) is 4.22. The first-order valence-electron chi connectivity index (χ1n) is 7.49. The van der Waals surface area contributed by atoms with Gasteiger partial charge in [-0.05, 0) is 37.0 Å². The summed E-state index contributed by atoms with van der Waals surface area (Å²) in [5.74, 6) is 0.557. The monoisotopic (exact) mass is 312 g/mol. The van der Waals surface area contributed by atoms with Crippen molar-refractivity contribution in [3.63, 3.8) is 0 Å². The summed E-state index contributed by atoms with van der Waals surface area (Å²) in [4.78, 5) is 0. The molecule has 6 heteroatoms. The zero-order valence-corrected chi connectivity index (χ0v) is 12.2. The van der Waals surface area contributed by atoms with Crippen LogP contribution in [0.3, 0.4) is 0 Å². The van der Waals surface area contributed by atoms with E-state index in [0.717, 1.165) is 43.7 Å². The molecule has 1 N–H and O–H groups in total. The van der Waals surface area contributed by atoms with Crippen molar-refractivity contribution < 1.29 is 17.9 Å². The van der Waals surface area contributed by atoms with E-state index in [-0.39, 0.29) is 0 Å². The molecule has 0 radical (unpaired) electrons. The molecule has 0 amide bonds. The van der Waals surface area contributed by atoms with Gasteiger partial charge in [-0.3, -0.25) is 0 Å². The van der Waals surface area contributed by atoms with E-state index in [1.54, 1.807) is 18.2 Å². The van der Waals surface area contributed by atoms with E-state index in [0.29, 0.717) is 11.4 Å². The van der Waals surface area contributed by atoms with Gasteiger partial charge in [0, 0.05) is 37.0 Å². The summed E-state index contributed by atoms with van der Waals surface area (Å²) in [6.07, 6.45) is -0.661. The minimum atomic E-state index is -4.21. The van der Waals surface area contributed by atoms with E-state index in [4.69, 9.17) is 4.74 Å². The maximum absolute atomic E-state index is 12.6. The van der Waals surface area contributed by atoms with Crippen molar-refractivity contribution in [2.24, 2.45) is 5.92 Å². The van der Waals surface area contributed by atoms with Crippen molar-refractivity contribution in [3.8, 4) is 0 Å². The lowest BCUT2D eigenvalue weighted by Gasteiger charge is -2.23. The maximum Gasteiger partial charge on any atom is 0.406 e. The number of hydrogen-bond acceptors (Lipinski definition) is 2. The molecule has 0 spiro atoms. The Bertz CT molecular complexity index is 630. The number of alkyl halides is 3. The average molecular weight is 312 g/mol. The number of anilines is 1. The van der Waals surface area contributed by atoms with E-state index in [1.807, 2.05) is 6.07 Å². The molecule has 1 aromatic heterocycles. The highest BCUT2D eigenvalue weighted by Crippen LogP contribution is 2.28. The topological polar surface area (TPSA) is 26.2 Å². The largest absolute Gasteiger partial charge is 0.406 e. The van der Waals surface area contributed by atoms with Crippen molar-refractivity contribution >= 4 is 16.6 Å². The quantitative estimate of drug-likeness (QED) is 0.922. The van der Waals surface area contributed by atoms with Crippen molar-refractivity contribution in [1.82, 2.24) is 4.57 Å². The van der Waals surface area contributed by atoms with Gasteiger partial charge in [0.25, 0.3) is 0 Å². The minimum Gasteiger partial charge on any atom is -0.384 e. The first-order chi connectivity index (χ1) is 10.5. The number of ether oxygens (including phenoxy) is 1. The van der Waals surface area contributed by atoms with Gasteiger partial charge in [-0.2, -0.15) is 13.2 Å². The first kappa shape index (κ1) is 15.2. The number of halogens is 3. The average Bonchev–Trinajstić information content (AvgIpc) is 2.88. The van der Waals surface area contributed by atoms with Crippen molar-refractivity contribution in [1.29, 1.82) is 0 Å². The molecule has 2 heterocycles. The fourth-order valence-corrected chi connectivity index (χ4v) is 2.91. The lowest BCUT2D eigenvalue weighted by molar-refractivity contribution is -0.139. The second kappa shape index (κ2) is 6.20. The maximum atomic E-state index is 12.6. The lowest BCUT2D eigenvalue weighted by Crippen LogP contribution is -2.22. The summed E-state index contributed by atoms with van der Waals surface area (Å²) in [7, 11) is 0. The van der Waals surface area contributed by atoms with Crippen LogP contribution >= 0.6 is 0 Å². The van der Waals surface area contributed by atoms with Gasteiger partial charge < -0.3 is 14.6 Å². The summed E-state index contributed by atoms with van der Waals surface area (Å²) in [5.41, 5.74) is 1.50. The fraction of sp³-hybridized carbons (Fsp3) is 0.500. The minimum absolute atomic E-state index is 0.557. The molecule has 3 rings (SSSR count). The number of benzene rings is 1. The number of nitrogens with one attached hydrogen (secondary N) is 1. The molecule has 1 saturated heterocycles. The van der Waals surface area contributed by atoms with E-state index in [9.17, 15) is 13.2 Å². The molecule has 0 aliphatic carbocycles. The van der Waals surface area contributed by atoms with E-state index >= 15 is 0 Å². The van der Waals surface area contributed by atoms with Crippen molar-refractivity contribution in [3.05, 3.63) is 30.5 Å². The summed E-state index contributed by atoms with van der Waals surface area (Å²) in [6, 6.07) is 7.18. The molecule has 1 aromatic carbocycles. The summed E-state index contributed by atoms with van der Waals surface area (Å²) < 4.78 is 44.3. The van der Waals surface area contributed by atoms with Crippen LogP contribution in [-0.4, -0.2) is 30.5 Å². The highest BCUT2D eigenvalue weighted by atomic mass is 19.4. The van der Waals surface area contributed by atoms with Crippen LogP contribution in [0.1, 0.15) is 12.8 Å². The highest BCUT2D eigenvalue weighted by Gasteiger charge is 2.28. The van der Waals surface area contributed by atoms with Crippen LogP contribution in [0.5, 0.6) is 0 Å². The third kappa shape index (κ3) is 3.55. The number of hydrogen-bond donors (Lipinski definition) is 1. The number of aromatic nitrogens is 1. The van der Waals surface area contributed by atoms with Gasteiger partial charge >= 0.3 is 6.18 Å². The van der Waals surface area contributed by atoms with E-state index < -0.39 is 12.7 Å². The molecule has 0 saturated carbocycles. The van der Waals surface area contributed by atoms with E-state index in [1.165, 1.54) is 10.8 Å². The normalized spacial score (nSPS) is 17.0. The molecule has 1 aliphatic heterocycles. The molecule has 22 heavy (non-hydrogen) atoms. The number of rotatable bonds is 4. The zero-order chi connectivity index (χ0) is 15.6. The second-order valence-electron chi connectivity index (χ2n) is 5.73. The lowest BCUT2D eigenvalue weighted by atomic mass is 10.0. The molecule has 0 atom stereocenters. The molecular formula is C16H19F3N2O. The smallest absolute Gasteiger partial charge is 0.384 e. The van der Waals surface area contributed by atoms with Crippen LogP contribution < -0.4 is 5.32 Å². The SMILES string of the molecule is FC(F)(F)Cn1ccc2c(NCC3CCOCC3)cccc21. The Morgan fingerprint density at radius 3 is 2.68 bits per heavy atom. The van der Waals surface area contributed by atoms with Crippen LogP contribution in [0.25, 0.3) is 10.9 Å². The van der Waals surface area contributed by atoms with Gasteiger partial charge in [-0.25, -0.2) is 0 Å². The molecule has 3 nitrogen and oxygen atoms in total. The van der Waals surface area contributed by atoms with Crippen LogP contribution in [-0.2, 0) is 11.3 Å². The molecule has 1 fully saturated rings. The Balaban J connectivity index is 1.75. The van der Waals surface area contributed by atoms with Crippen molar-refractivity contribution in [2.75, 3.05) is 25.1 Å². The number of nitrogens with zero attached hydrogens (tertiary/aromatic N) is 1. The van der Waals surface area contributed by atoms with Gasteiger partial charge in [0.1, 0.15) is 6.54 Å². The summed E-state index contributed by atoms with van der Waals surface area (Å²) >= 11 is 0. The molecular weight excluding hydrogens is 293 g/mol. The first-order valence-corrected chi connectivity index (χ1v) is 7.49. The Hall–Kier alpha value is -1.69. The molecule has 1 aliphatic rings. The second-order valence-corrected chi connectivity index (χ2v) is 5.73. The van der Waals surface area contributed by atoms with Gasteiger partial charge in [-0.1, -0.05) is 6.07 Å². The van der Waals surface area contributed by atoms with Gasteiger partial charge in [-0.15, -0.1) is 0 Å². The third-order valence-corrected chi connectivity index (χ3v) is 4.09. The Morgan fingerprint density at radius 2 is 1.95 bits per heavy atom. The van der Waals surface area contributed by atoms with Crippen LogP contribution in [0, 0.1) is 5.92 Å². The molecule has 2 aromatic rings. The molecule has 0 bridgehead atoms. The van der Waals surface area contributed by atoms with Gasteiger partial charge in [0.15, 0.2) is 0 Å². The standard InChI is InChI=1S/C16H19F3N2O/c17-16(18,19)11-21-7-4-13-14(2-1-3-15(13)21)20-10-12-5-8-22-9-6-12/h1-4,7,12,20H,5-6,8-11H2. The predicted molar refractivity (Wildman–Crippen MR) is 80.0 cm³/mol. The third-order valence-electron chi connectivity index (χ3n) is 4.09. The van der Waals surface area contributed by atoms with Crippen molar-refractivity contribution in [2.45, 2.75) is 25.6 Å². The Morgan fingerprint density at radius 1 is 1.18 bits per heavy atom.